The molecule has 1 fully saturated rings. The van der Waals surface area contributed by atoms with Gasteiger partial charge in [0.25, 0.3) is 5.91 Å². The summed E-state index contributed by atoms with van der Waals surface area (Å²) in [7, 11) is -3.74. The van der Waals surface area contributed by atoms with Crippen molar-refractivity contribution in [1.82, 2.24) is 9.80 Å². The van der Waals surface area contributed by atoms with Crippen LogP contribution in [-0.2, 0) is 24.8 Å². The monoisotopic (exact) mass is 670 g/mol. The van der Waals surface area contributed by atoms with E-state index in [2.05, 4.69) is 84.8 Å². The van der Waals surface area contributed by atoms with Crippen LogP contribution < -0.4 is 0 Å². The average Bonchev–Trinajstić information content (AvgIpc) is 2.99. The number of carbonyl (C=O) groups excluding carboxylic acids is 1. The molecular formula is C37H59FN2O4Si2. The number of hydrogen-bond donors (Lipinski definition) is 0. The van der Waals surface area contributed by atoms with Crippen LogP contribution in [0.5, 0.6) is 0 Å². The van der Waals surface area contributed by atoms with Crippen molar-refractivity contribution in [3.8, 4) is 0 Å². The van der Waals surface area contributed by atoms with E-state index in [4.69, 9.17) is 13.6 Å². The van der Waals surface area contributed by atoms with Gasteiger partial charge in [0.2, 0.25) is 0 Å². The minimum Gasteiger partial charge on any atom is -0.416 e. The number of carbonyl (C=O) groups is 1. The molecule has 2 heterocycles. The van der Waals surface area contributed by atoms with Crippen LogP contribution >= 0.6 is 0 Å². The molecule has 0 radical (unpaired) electrons. The molecule has 256 valence electrons. The third kappa shape index (κ3) is 8.77. The molecule has 0 bridgehead atoms. The highest BCUT2D eigenvalue weighted by atomic mass is 28.4. The first-order valence-corrected chi connectivity index (χ1v) is 23.0. The third-order valence-corrected chi connectivity index (χ3v) is 20.2. The molecule has 9 heteroatoms. The molecule has 0 spiro atoms. The highest BCUT2D eigenvalue weighted by Crippen LogP contribution is 2.39. The Balaban J connectivity index is 1.44. The first-order chi connectivity index (χ1) is 21.4. The number of benzene rings is 2. The van der Waals surface area contributed by atoms with Crippen molar-refractivity contribution in [2.45, 2.75) is 115 Å². The summed E-state index contributed by atoms with van der Waals surface area (Å²) < 4.78 is 33.5. The topological polar surface area (TPSA) is 51.2 Å². The van der Waals surface area contributed by atoms with Gasteiger partial charge in [-0.3, -0.25) is 9.69 Å². The zero-order valence-electron chi connectivity index (χ0n) is 30.1. The molecule has 2 aliphatic rings. The van der Waals surface area contributed by atoms with E-state index in [1.165, 1.54) is 17.7 Å². The Morgan fingerprint density at radius 2 is 1.46 bits per heavy atom. The van der Waals surface area contributed by atoms with E-state index in [-0.39, 0.29) is 33.9 Å². The van der Waals surface area contributed by atoms with Crippen LogP contribution in [-0.4, -0.2) is 83.9 Å². The van der Waals surface area contributed by atoms with Crippen molar-refractivity contribution in [3.05, 3.63) is 71.0 Å². The Morgan fingerprint density at radius 1 is 0.891 bits per heavy atom. The SMILES string of the molecule is CC(C)(C)[Si](C)(C)OCCN(CCO[Si](C)(C)C(C)(C)C)[C@@H]1CC[C@H](C(=O)N2CCc3ccccc3[C@@H]2c2ccc(F)cc2)OC1. The van der Waals surface area contributed by atoms with Gasteiger partial charge in [-0.1, -0.05) is 77.9 Å². The Hall–Kier alpha value is -1.89. The van der Waals surface area contributed by atoms with Gasteiger partial charge in [0, 0.05) is 38.9 Å². The fourth-order valence-electron chi connectivity index (χ4n) is 5.96. The molecule has 0 aromatic heterocycles. The molecule has 1 saturated heterocycles. The Morgan fingerprint density at radius 3 is 1.98 bits per heavy atom. The fourth-order valence-corrected chi connectivity index (χ4v) is 8.03. The number of ether oxygens (including phenoxy) is 1. The lowest BCUT2D eigenvalue weighted by molar-refractivity contribution is -0.151. The molecule has 0 unspecified atom stereocenters. The molecule has 2 aliphatic heterocycles. The Bertz CT molecular complexity index is 1270. The van der Waals surface area contributed by atoms with Crippen LogP contribution in [0.2, 0.25) is 36.3 Å². The van der Waals surface area contributed by atoms with Crippen LogP contribution in [0.3, 0.4) is 0 Å². The van der Waals surface area contributed by atoms with Crippen molar-refractivity contribution < 1.29 is 22.8 Å². The molecule has 3 atom stereocenters. The van der Waals surface area contributed by atoms with Crippen molar-refractivity contribution >= 4 is 22.5 Å². The Labute approximate surface area is 280 Å². The zero-order valence-corrected chi connectivity index (χ0v) is 32.1. The van der Waals surface area contributed by atoms with E-state index < -0.39 is 22.7 Å². The van der Waals surface area contributed by atoms with Crippen molar-refractivity contribution in [1.29, 1.82) is 0 Å². The first kappa shape index (κ1) is 36.9. The molecule has 2 aromatic carbocycles. The summed E-state index contributed by atoms with van der Waals surface area (Å²) in [6.45, 7) is 27.0. The van der Waals surface area contributed by atoms with E-state index in [1.54, 1.807) is 12.1 Å². The quantitative estimate of drug-likeness (QED) is 0.226. The van der Waals surface area contributed by atoms with Gasteiger partial charge >= 0.3 is 0 Å². The summed E-state index contributed by atoms with van der Waals surface area (Å²) in [5.74, 6) is -0.252. The smallest absolute Gasteiger partial charge is 0.252 e. The van der Waals surface area contributed by atoms with Gasteiger partial charge in [0.1, 0.15) is 11.9 Å². The van der Waals surface area contributed by atoms with Gasteiger partial charge in [0.15, 0.2) is 16.6 Å². The number of halogens is 1. The lowest BCUT2D eigenvalue weighted by Gasteiger charge is -2.42. The Kier molecular flexibility index (Phi) is 11.8. The summed E-state index contributed by atoms with van der Waals surface area (Å²) in [6.07, 6.45) is 1.85. The summed E-state index contributed by atoms with van der Waals surface area (Å²) >= 11 is 0. The maximum absolute atomic E-state index is 14.1. The second-order valence-corrected chi connectivity index (χ2v) is 25.9. The van der Waals surface area contributed by atoms with Crippen LogP contribution in [0.25, 0.3) is 0 Å². The summed E-state index contributed by atoms with van der Waals surface area (Å²) in [5, 5.41) is 0.317. The number of rotatable bonds is 11. The predicted octanol–water partition coefficient (Wildman–Crippen LogP) is 8.19. The molecule has 6 nitrogen and oxygen atoms in total. The van der Waals surface area contributed by atoms with Crippen LogP contribution in [0.15, 0.2) is 48.5 Å². The maximum Gasteiger partial charge on any atom is 0.252 e. The first-order valence-electron chi connectivity index (χ1n) is 17.2. The van der Waals surface area contributed by atoms with Crippen molar-refractivity contribution in [2.24, 2.45) is 0 Å². The minimum absolute atomic E-state index is 0.0244. The van der Waals surface area contributed by atoms with Crippen molar-refractivity contribution in [3.63, 3.8) is 0 Å². The molecule has 0 aliphatic carbocycles. The highest BCUT2D eigenvalue weighted by Gasteiger charge is 2.40. The van der Waals surface area contributed by atoms with Gasteiger partial charge < -0.3 is 18.5 Å². The van der Waals surface area contributed by atoms with E-state index in [0.717, 1.165) is 37.1 Å². The number of fused-ring (bicyclic) bond motifs is 1. The minimum atomic E-state index is -1.87. The van der Waals surface area contributed by atoms with E-state index in [9.17, 15) is 9.18 Å². The molecule has 1 amide bonds. The van der Waals surface area contributed by atoms with Gasteiger partial charge in [-0.25, -0.2) is 4.39 Å². The molecule has 0 saturated carbocycles. The van der Waals surface area contributed by atoms with E-state index >= 15 is 0 Å². The zero-order chi connectivity index (χ0) is 33.9. The summed E-state index contributed by atoms with van der Waals surface area (Å²) in [5.41, 5.74) is 3.27. The lowest BCUT2D eigenvalue weighted by Crippen LogP contribution is -2.52. The molecule has 2 aromatic rings. The van der Waals surface area contributed by atoms with Crippen LogP contribution in [0.1, 0.15) is 77.1 Å². The summed E-state index contributed by atoms with van der Waals surface area (Å²) in [4.78, 5) is 18.6. The van der Waals surface area contributed by atoms with Gasteiger partial charge in [0.05, 0.1) is 12.6 Å². The molecule has 46 heavy (non-hydrogen) atoms. The molecular weight excluding hydrogens is 612 g/mol. The van der Waals surface area contributed by atoms with Crippen molar-refractivity contribution in [2.75, 3.05) is 39.5 Å². The average molecular weight is 671 g/mol. The third-order valence-electron chi connectivity index (χ3n) is 11.1. The van der Waals surface area contributed by atoms with E-state index in [0.29, 0.717) is 32.8 Å². The highest BCUT2D eigenvalue weighted by molar-refractivity contribution is 6.74. The fraction of sp³-hybridized carbons (Fsp3) is 0.649. The van der Waals surface area contributed by atoms with Gasteiger partial charge in [-0.05, 0) is 84.4 Å². The van der Waals surface area contributed by atoms with Gasteiger partial charge in [-0.15, -0.1) is 0 Å². The predicted molar refractivity (Wildman–Crippen MR) is 191 cm³/mol. The largest absolute Gasteiger partial charge is 0.416 e. The lowest BCUT2D eigenvalue weighted by atomic mass is 9.87. The number of nitrogens with zero attached hydrogens (tertiary/aromatic N) is 2. The van der Waals surface area contributed by atoms with E-state index in [1.807, 2.05) is 17.0 Å². The maximum atomic E-state index is 14.1. The number of amides is 1. The second kappa shape index (κ2) is 14.7. The van der Waals surface area contributed by atoms with Crippen LogP contribution in [0.4, 0.5) is 4.39 Å². The van der Waals surface area contributed by atoms with Crippen LogP contribution in [0, 0.1) is 5.82 Å². The summed E-state index contributed by atoms with van der Waals surface area (Å²) in [6, 6.07) is 14.8. The standard InChI is InChI=1S/C37H59FN2O4Si2/c1-36(2,3)45(7,8)43-25-23-39(24-26-44-46(9,10)37(4,5)6)31-19-20-33(42-27-31)35(41)40-22-21-28-13-11-12-14-32(28)34(40)29-15-17-30(38)18-16-29/h11-18,31,33-34H,19-27H2,1-10H3/t31-,33-,34+/m1/s1. The second-order valence-electron chi connectivity index (χ2n) is 16.2. The number of hydrogen-bond acceptors (Lipinski definition) is 5. The molecule has 0 N–H and O–H groups in total. The molecule has 4 rings (SSSR count). The normalized spacial score (nSPS) is 21.4. The van der Waals surface area contributed by atoms with Gasteiger partial charge in [-0.2, -0.15) is 0 Å².